The predicted octanol–water partition coefficient (Wildman–Crippen LogP) is 3.16. The fourth-order valence-electron chi connectivity index (χ4n) is 3.82. The second-order valence-electron chi connectivity index (χ2n) is 7.01. The molecule has 120 valence electrons. The Labute approximate surface area is 138 Å². The van der Waals surface area contributed by atoms with Crippen molar-refractivity contribution >= 4 is 11.4 Å². The lowest BCUT2D eigenvalue weighted by molar-refractivity contribution is -0.685. The van der Waals surface area contributed by atoms with Gasteiger partial charge in [-0.25, -0.2) is 4.58 Å². The first-order chi connectivity index (χ1) is 10.8. The number of fused-ring (bicyclic) bond motifs is 1. The lowest BCUT2D eigenvalue weighted by atomic mass is 9.80. The maximum Gasteiger partial charge on any atom is 0.223 e. The van der Waals surface area contributed by atoms with Crippen molar-refractivity contribution in [1.82, 2.24) is 0 Å². The van der Waals surface area contributed by atoms with Crippen LogP contribution in [0, 0.1) is 6.92 Å². The Morgan fingerprint density at radius 1 is 1.00 bits per heavy atom. The fourth-order valence-corrected chi connectivity index (χ4v) is 3.82. The molecule has 1 aromatic heterocycles. The SMILES string of the molecule is Cc1ccc(O)c(CCC2=[N+](C)c3ccccc3C2(C)C)[n+]1C. The first-order valence-corrected chi connectivity index (χ1v) is 8.21. The van der Waals surface area contributed by atoms with Crippen LogP contribution in [-0.4, -0.2) is 22.4 Å². The molecule has 2 aromatic rings. The highest BCUT2D eigenvalue weighted by molar-refractivity contribution is 5.95. The maximum atomic E-state index is 10.2. The number of aryl methyl sites for hydroxylation is 1. The first-order valence-electron chi connectivity index (χ1n) is 8.21. The Morgan fingerprint density at radius 3 is 2.39 bits per heavy atom. The van der Waals surface area contributed by atoms with Gasteiger partial charge in [-0.05, 0) is 19.9 Å². The number of nitrogens with zero attached hydrogens (tertiary/aromatic N) is 2. The van der Waals surface area contributed by atoms with Gasteiger partial charge in [0.1, 0.15) is 14.1 Å². The first kappa shape index (κ1) is 15.7. The summed E-state index contributed by atoms with van der Waals surface area (Å²) < 4.78 is 4.41. The van der Waals surface area contributed by atoms with E-state index >= 15 is 0 Å². The molecule has 1 aliphatic rings. The molecule has 3 nitrogen and oxygen atoms in total. The summed E-state index contributed by atoms with van der Waals surface area (Å²) in [6.07, 6.45) is 1.77. The van der Waals surface area contributed by atoms with Crippen LogP contribution in [0.4, 0.5) is 5.69 Å². The van der Waals surface area contributed by atoms with E-state index in [1.165, 1.54) is 17.0 Å². The summed E-state index contributed by atoms with van der Waals surface area (Å²) in [5.74, 6) is 0.384. The number of aromatic nitrogens is 1. The molecule has 2 heterocycles. The van der Waals surface area contributed by atoms with Crippen LogP contribution in [0.2, 0.25) is 0 Å². The van der Waals surface area contributed by atoms with Crippen LogP contribution in [-0.2, 0) is 18.9 Å². The molecule has 0 atom stereocenters. The van der Waals surface area contributed by atoms with Gasteiger partial charge in [-0.2, -0.15) is 4.57 Å². The molecule has 0 fully saturated rings. The van der Waals surface area contributed by atoms with Gasteiger partial charge in [0.15, 0.2) is 17.2 Å². The normalized spacial score (nSPS) is 15.9. The molecule has 3 rings (SSSR count). The molecule has 0 aliphatic carbocycles. The summed E-state index contributed by atoms with van der Waals surface area (Å²) in [7, 11) is 4.17. The summed E-state index contributed by atoms with van der Waals surface area (Å²) in [6, 6.07) is 12.4. The van der Waals surface area contributed by atoms with Gasteiger partial charge >= 0.3 is 0 Å². The maximum absolute atomic E-state index is 10.2. The number of pyridine rings is 1. The van der Waals surface area contributed by atoms with Crippen LogP contribution in [0.25, 0.3) is 0 Å². The minimum Gasteiger partial charge on any atom is -0.503 e. The molecule has 0 bridgehead atoms. The zero-order valence-electron chi connectivity index (χ0n) is 14.7. The molecule has 0 spiro atoms. The zero-order chi connectivity index (χ0) is 16.8. The molecule has 1 N–H and O–H groups in total. The van der Waals surface area contributed by atoms with E-state index in [0.29, 0.717) is 5.75 Å². The highest BCUT2D eigenvalue weighted by atomic mass is 16.3. The molecule has 3 heteroatoms. The van der Waals surface area contributed by atoms with E-state index in [-0.39, 0.29) is 5.41 Å². The second kappa shape index (κ2) is 5.48. The van der Waals surface area contributed by atoms with Crippen molar-refractivity contribution in [3.8, 4) is 5.75 Å². The van der Waals surface area contributed by atoms with Gasteiger partial charge in [-0.1, -0.05) is 18.2 Å². The average Bonchev–Trinajstić information content (AvgIpc) is 2.72. The van der Waals surface area contributed by atoms with Crippen LogP contribution in [0.1, 0.15) is 37.2 Å². The number of aromatic hydroxyl groups is 1. The van der Waals surface area contributed by atoms with E-state index in [0.717, 1.165) is 24.2 Å². The van der Waals surface area contributed by atoms with Crippen molar-refractivity contribution in [3.63, 3.8) is 0 Å². The van der Waals surface area contributed by atoms with Crippen LogP contribution >= 0.6 is 0 Å². The molecule has 0 saturated carbocycles. The Bertz CT molecular complexity index is 803. The third-order valence-corrected chi connectivity index (χ3v) is 5.38. The van der Waals surface area contributed by atoms with Crippen LogP contribution in [0.5, 0.6) is 5.75 Å². The molecule has 0 amide bonds. The van der Waals surface area contributed by atoms with Crippen LogP contribution < -0.4 is 4.57 Å². The molecule has 0 saturated heterocycles. The summed E-state index contributed by atoms with van der Waals surface area (Å²) in [6.45, 7) is 6.65. The molecule has 1 aliphatic heterocycles. The van der Waals surface area contributed by atoms with Gasteiger partial charge in [-0.15, -0.1) is 0 Å². The third kappa shape index (κ3) is 2.44. The van der Waals surface area contributed by atoms with E-state index < -0.39 is 0 Å². The molecule has 0 unspecified atom stereocenters. The van der Waals surface area contributed by atoms with Crippen molar-refractivity contribution in [2.45, 2.75) is 39.0 Å². The Kier molecular flexibility index (Phi) is 3.75. The standard InChI is InChI=1S/C20H25N2O/c1-14-10-12-18(23)17(21(14)4)11-13-19-20(2,3)15-8-6-7-9-16(15)22(19)5/h6-10,12H,11,13H2,1-5H3/q+1/p+1. The Hall–Kier alpha value is -2.16. The number of hydrogen-bond donors (Lipinski definition) is 1. The summed E-state index contributed by atoms with van der Waals surface area (Å²) in [5.41, 5.74) is 6.27. The smallest absolute Gasteiger partial charge is 0.223 e. The van der Waals surface area contributed by atoms with Crippen molar-refractivity contribution in [2.24, 2.45) is 7.05 Å². The largest absolute Gasteiger partial charge is 0.503 e. The van der Waals surface area contributed by atoms with Crippen LogP contribution in [0.15, 0.2) is 36.4 Å². The Morgan fingerprint density at radius 2 is 1.70 bits per heavy atom. The van der Waals surface area contributed by atoms with Gasteiger partial charge in [-0.3, -0.25) is 0 Å². The lowest BCUT2D eigenvalue weighted by Gasteiger charge is -2.17. The van der Waals surface area contributed by atoms with E-state index in [4.69, 9.17) is 0 Å². The molecule has 0 radical (unpaired) electrons. The van der Waals surface area contributed by atoms with Crippen molar-refractivity contribution in [3.05, 3.63) is 53.3 Å². The average molecular weight is 310 g/mol. The monoisotopic (exact) mass is 310 g/mol. The quantitative estimate of drug-likeness (QED) is 0.866. The van der Waals surface area contributed by atoms with E-state index in [9.17, 15) is 5.11 Å². The topological polar surface area (TPSA) is 27.1 Å². The van der Waals surface area contributed by atoms with Crippen molar-refractivity contribution in [1.29, 1.82) is 0 Å². The van der Waals surface area contributed by atoms with E-state index in [2.05, 4.69) is 61.2 Å². The minimum absolute atomic E-state index is 0.0311. The summed E-state index contributed by atoms with van der Waals surface area (Å²) in [5, 5.41) is 10.2. The summed E-state index contributed by atoms with van der Waals surface area (Å²) in [4.78, 5) is 0. The Balaban J connectivity index is 1.94. The number of hydrogen-bond acceptors (Lipinski definition) is 1. The van der Waals surface area contributed by atoms with Gasteiger partial charge < -0.3 is 5.11 Å². The third-order valence-electron chi connectivity index (χ3n) is 5.38. The molecule has 23 heavy (non-hydrogen) atoms. The van der Waals surface area contributed by atoms with E-state index in [1.807, 2.05) is 13.1 Å². The highest BCUT2D eigenvalue weighted by Gasteiger charge is 2.43. The van der Waals surface area contributed by atoms with Gasteiger partial charge in [0.05, 0.1) is 5.41 Å². The van der Waals surface area contributed by atoms with Crippen molar-refractivity contribution in [2.75, 3.05) is 7.05 Å². The number of para-hydroxylation sites is 1. The zero-order valence-corrected chi connectivity index (χ0v) is 14.7. The summed E-state index contributed by atoms with van der Waals surface area (Å²) >= 11 is 0. The molecule has 1 aromatic carbocycles. The molecular formula is C20H26N2O+2. The van der Waals surface area contributed by atoms with Gasteiger partial charge in [0, 0.05) is 37.5 Å². The lowest BCUT2D eigenvalue weighted by Crippen LogP contribution is -2.38. The predicted molar refractivity (Wildman–Crippen MR) is 92.7 cm³/mol. The van der Waals surface area contributed by atoms with E-state index in [1.54, 1.807) is 6.07 Å². The number of rotatable bonds is 3. The fraction of sp³-hybridized carbons (Fsp3) is 0.400. The van der Waals surface area contributed by atoms with Crippen LogP contribution in [0.3, 0.4) is 0 Å². The minimum atomic E-state index is 0.0311. The van der Waals surface area contributed by atoms with Crippen molar-refractivity contribution < 1.29 is 14.2 Å². The highest BCUT2D eigenvalue weighted by Crippen LogP contribution is 2.39. The van der Waals surface area contributed by atoms with Gasteiger partial charge in [0.2, 0.25) is 11.4 Å². The number of benzene rings is 1. The second-order valence-corrected chi connectivity index (χ2v) is 7.01. The molecular weight excluding hydrogens is 284 g/mol. The van der Waals surface area contributed by atoms with Gasteiger partial charge in [0.25, 0.3) is 0 Å².